The molecule has 2 aromatic rings. The first-order valence-electron chi connectivity index (χ1n) is 7.61. The third kappa shape index (κ3) is 3.31. The van der Waals surface area contributed by atoms with Gasteiger partial charge in [-0.3, -0.25) is 4.90 Å². The zero-order valence-electron chi connectivity index (χ0n) is 12.4. The van der Waals surface area contributed by atoms with Crippen molar-refractivity contribution in [1.82, 2.24) is 15.0 Å². The van der Waals surface area contributed by atoms with Crippen molar-refractivity contribution in [3.63, 3.8) is 0 Å². The molecule has 2 heterocycles. The van der Waals surface area contributed by atoms with Crippen molar-refractivity contribution in [2.75, 3.05) is 6.54 Å². The quantitative estimate of drug-likeness (QED) is 0.935. The Balaban J connectivity index is 1.72. The molecule has 2 N–H and O–H groups in total. The van der Waals surface area contributed by atoms with Crippen LogP contribution in [0.15, 0.2) is 34.9 Å². The maximum Gasteiger partial charge on any atom is 0.257 e. The molecule has 5 nitrogen and oxygen atoms in total. The first kappa shape index (κ1) is 14.2. The van der Waals surface area contributed by atoms with E-state index in [4.69, 9.17) is 10.3 Å². The van der Waals surface area contributed by atoms with E-state index < -0.39 is 0 Å². The van der Waals surface area contributed by atoms with Crippen LogP contribution in [0.3, 0.4) is 0 Å². The summed E-state index contributed by atoms with van der Waals surface area (Å²) in [6.07, 6.45) is 3.62. The van der Waals surface area contributed by atoms with E-state index in [9.17, 15) is 0 Å². The Bertz CT molecular complexity index is 567. The van der Waals surface area contributed by atoms with Gasteiger partial charge in [-0.25, -0.2) is 0 Å². The van der Waals surface area contributed by atoms with Crippen molar-refractivity contribution in [3.05, 3.63) is 36.2 Å². The van der Waals surface area contributed by atoms with Crippen LogP contribution < -0.4 is 5.73 Å². The maximum atomic E-state index is 6.10. The van der Waals surface area contributed by atoms with Crippen molar-refractivity contribution < 1.29 is 4.52 Å². The van der Waals surface area contributed by atoms with Gasteiger partial charge in [-0.1, -0.05) is 29.8 Å². The summed E-state index contributed by atoms with van der Waals surface area (Å²) < 4.78 is 5.37. The summed E-state index contributed by atoms with van der Waals surface area (Å²) in [6.45, 7) is 3.85. The van der Waals surface area contributed by atoms with Gasteiger partial charge in [-0.05, 0) is 38.4 Å². The monoisotopic (exact) mass is 286 g/mol. The minimum absolute atomic E-state index is 0.172. The van der Waals surface area contributed by atoms with E-state index in [2.05, 4.69) is 22.0 Å². The second kappa shape index (κ2) is 6.37. The summed E-state index contributed by atoms with van der Waals surface area (Å²) in [5.74, 6) is 1.32. The van der Waals surface area contributed by atoms with Gasteiger partial charge in [0.05, 0.1) is 6.54 Å². The SMILES string of the molecule is CC(N)C1CCCCN1Cc1noc(-c2ccccc2)n1. The summed E-state index contributed by atoms with van der Waals surface area (Å²) in [6, 6.07) is 10.4. The average Bonchev–Trinajstić information content (AvgIpc) is 2.97. The molecule has 2 unspecified atom stereocenters. The molecule has 1 aromatic carbocycles. The van der Waals surface area contributed by atoms with Gasteiger partial charge in [0, 0.05) is 17.6 Å². The molecule has 0 spiro atoms. The molecule has 0 aliphatic carbocycles. The molecule has 1 saturated heterocycles. The summed E-state index contributed by atoms with van der Waals surface area (Å²) in [4.78, 5) is 6.89. The second-order valence-corrected chi connectivity index (χ2v) is 5.77. The van der Waals surface area contributed by atoms with E-state index in [1.54, 1.807) is 0 Å². The Morgan fingerprint density at radius 1 is 1.33 bits per heavy atom. The highest BCUT2D eigenvalue weighted by Crippen LogP contribution is 2.22. The van der Waals surface area contributed by atoms with Gasteiger partial charge in [0.15, 0.2) is 5.82 Å². The molecule has 1 aromatic heterocycles. The highest BCUT2D eigenvalue weighted by atomic mass is 16.5. The minimum atomic E-state index is 0.172. The molecular formula is C16H22N4O. The molecule has 0 amide bonds. The minimum Gasteiger partial charge on any atom is -0.334 e. The van der Waals surface area contributed by atoms with Gasteiger partial charge in [-0.15, -0.1) is 0 Å². The second-order valence-electron chi connectivity index (χ2n) is 5.77. The molecule has 112 valence electrons. The van der Waals surface area contributed by atoms with Crippen LogP contribution in [0, 0.1) is 0 Å². The summed E-state index contributed by atoms with van der Waals surface area (Å²) >= 11 is 0. The van der Waals surface area contributed by atoms with E-state index >= 15 is 0 Å². The van der Waals surface area contributed by atoms with E-state index in [0.717, 1.165) is 24.4 Å². The Morgan fingerprint density at radius 2 is 2.14 bits per heavy atom. The molecule has 1 aliphatic heterocycles. The summed E-state index contributed by atoms with van der Waals surface area (Å²) in [5, 5.41) is 4.11. The van der Waals surface area contributed by atoms with E-state index in [1.165, 1.54) is 12.8 Å². The normalized spacial score (nSPS) is 21.3. The number of benzene rings is 1. The predicted molar refractivity (Wildman–Crippen MR) is 81.4 cm³/mol. The molecule has 0 radical (unpaired) electrons. The highest BCUT2D eigenvalue weighted by molar-refractivity contribution is 5.51. The number of aromatic nitrogens is 2. The zero-order chi connectivity index (χ0) is 14.7. The summed E-state index contributed by atoms with van der Waals surface area (Å²) in [5.41, 5.74) is 7.06. The molecule has 1 fully saturated rings. The molecule has 1 aliphatic rings. The number of rotatable bonds is 4. The number of nitrogens with zero attached hydrogens (tertiary/aromatic N) is 3. The first-order valence-corrected chi connectivity index (χ1v) is 7.61. The fourth-order valence-corrected chi connectivity index (χ4v) is 3.01. The third-order valence-corrected chi connectivity index (χ3v) is 4.10. The lowest BCUT2D eigenvalue weighted by Crippen LogP contribution is -2.48. The van der Waals surface area contributed by atoms with Crippen LogP contribution in [0.4, 0.5) is 0 Å². The lowest BCUT2D eigenvalue weighted by atomic mass is 9.97. The lowest BCUT2D eigenvalue weighted by Gasteiger charge is -2.37. The van der Waals surface area contributed by atoms with Crippen LogP contribution in [0.1, 0.15) is 32.0 Å². The molecule has 3 rings (SSSR count). The average molecular weight is 286 g/mol. The van der Waals surface area contributed by atoms with E-state index in [0.29, 0.717) is 18.5 Å². The molecule has 21 heavy (non-hydrogen) atoms. The number of hydrogen-bond acceptors (Lipinski definition) is 5. The number of piperidine rings is 1. The van der Waals surface area contributed by atoms with Crippen LogP contribution in [0.2, 0.25) is 0 Å². The Hall–Kier alpha value is -1.72. The molecule has 0 bridgehead atoms. The molecule has 5 heteroatoms. The standard InChI is InChI=1S/C16H22N4O/c1-12(17)14-9-5-6-10-20(14)11-15-18-16(21-19-15)13-7-3-2-4-8-13/h2-4,7-8,12,14H,5-6,9-11,17H2,1H3. The van der Waals surface area contributed by atoms with Crippen molar-refractivity contribution >= 4 is 0 Å². The van der Waals surface area contributed by atoms with Crippen LogP contribution >= 0.6 is 0 Å². The lowest BCUT2D eigenvalue weighted by molar-refractivity contribution is 0.118. The van der Waals surface area contributed by atoms with Crippen molar-refractivity contribution in [2.45, 2.75) is 44.8 Å². The van der Waals surface area contributed by atoms with Gasteiger partial charge >= 0.3 is 0 Å². The zero-order valence-corrected chi connectivity index (χ0v) is 12.4. The molecule has 2 atom stereocenters. The Kier molecular flexibility index (Phi) is 4.31. The van der Waals surface area contributed by atoms with Crippen molar-refractivity contribution in [2.24, 2.45) is 5.73 Å². The van der Waals surface area contributed by atoms with Crippen LogP contribution in [0.5, 0.6) is 0 Å². The van der Waals surface area contributed by atoms with Crippen molar-refractivity contribution in [1.29, 1.82) is 0 Å². The van der Waals surface area contributed by atoms with Crippen LogP contribution in [-0.4, -0.2) is 33.7 Å². The molecular weight excluding hydrogens is 264 g/mol. The molecule has 0 saturated carbocycles. The smallest absolute Gasteiger partial charge is 0.257 e. The van der Waals surface area contributed by atoms with Gasteiger partial charge < -0.3 is 10.3 Å². The van der Waals surface area contributed by atoms with Gasteiger partial charge in [-0.2, -0.15) is 4.98 Å². The third-order valence-electron chi connectivity index (χ3n) is 4.10. The fraction of sp³-hybridized carbons (Fsp3) is 0.500. The van der Waals surface area contributed by atoms with Crippen LogP contribution in [-0.2, 0) is 6.54 Å². The van der Waals surface area contributed by atoms with Gasteiger partial charge in [0.1, 0.15) is 0 Å². The number of likely N-dealkylation sites (tertiary alicyclic amines) is 1. The van der Waals surface area contributed by atoms with Gasteiger partial charge in [0.25, 0.3) is 5.89 Å². The first-order chi connectivity index (χ1) is 10.2. The van der Waals surface area contributed by atoms with Crippen LogP contribution in [0.25, 0.3) is 11.5 Å². The van der Waals surface area contributed by atoms with Gasteiger partial charge in [0.2, 0.25) is 0 Å². The topological polar surface area (TPSA) is 68.2 Å². The maximum absolute atomic E-state index is 6.10. The number of nitrogens with two attached hydrogens (primary N) is 1. The fourth-order valence-electron chi connectivity index (χ4n) is 3.01. The van der Waals surface area contributed by atoms with Crippen molar-refractivity contribution in [3.8, 4) is 11.5 Å². The number of hydrogen-bond donors (Lipinski definition) is 1. The predicted octanol–water partition coefficient (Wildman–Crippen LogP) is 2.44. The highest BCUT2D eigenvalue weighted by Gasteiger charge is 2.26. The van der Waals surface area contributed by atoms with E-state index in [1.807, 2.05) is 30.3 Å². The Morgan fingerprint density at radius 3 is 2.90 bits per heavy atom. The van der Waals surface area contributed by atoms with E-state index in [-0.39, 0.29) is 6.04 Å². The Labute approximate surface area is 125 Å². The summed E-state index contributed by atoms with van der Waals surface area (Å²) in [7, 11) is 0. The largest absolute Gasteiger partial charge is 0.334 e.